The summed E-state index contributed by atoms with van der Waals surface area (Å²) in [6.07, 6.45) is 1.09. The first-order valence-corrected chi connectivity index (χ1v) is 11.3. The lowest BCUT2D eigenvalue weighted by Crippen LogP contribution is -2.51. The first-order valence-electron chi connectivity index (χ1n) is 11.3. The Morgan fingerprint density at radius 3 is 2.57 bits per heavy atom. The van der Waals surface area contributed by atoms with Gasteiger partial charge in [0.25, 0.3) is 5.91 Å². The number of aromatic nitrogens is 3. The summed E-state index contributed by atoms with van der Waals surface area (Å²) in [4.78, 5) is 27.9. The number of piperidine rings is 1. The maximum absolute atomic E-state index is 14.3. The van der Waals surface area contributed by atoms with Crippen molar-refractivity contribution in [1.29, 1.82) is 0 Å². The zero-order chi connectivity index (χ0) is 25.2. The molecule has 0 aliphatic carbocycles. The van der Waals surface area contributed by atoms with Gasteiger partial charge in [0.05, 0.1) is 17.2 Å². The van der Waals surface area contributed by atoms with Crippen molar-refractivity contribution in [2.45, 2.75) is 38.9 Å². The smallest absolute Gasteiger partial charge is 0.368 e. The van der Waals surface area contributed by atoms with Crippen molar-refractivity contribution >= 4 is 11.7 Å². The average Bonchev–Trinajstić information content (AvgIpc) is 2.82. The Morgan fingerprint density at radius 1 is 1.17 bits per heavy atom. The number of hydrogen-bond donors (Lipinski definition) is 1. The van der Waals surface area contributed by atoms with Crippen LogP contribution in [0.3, 0.4) is 0 Å². The number of aryl methyl sites for hydroxylation is 1. The fourth-order valence-electron chi connectivity index (χ4n) is 4.47. The third-order valence-electron chi connectivity index (χ3n) is 6.28. The Labute approximate surface area is 200 Å². The number of likely N-dealkylation sites (tertiary alicyclic amines) is 1. The van der Waals surface area contributed by atoms with Crippen molar-refractivity contribution < 1.29 is 22.4 Å². The SMILES string of the molecule is Cc1cc(F)cc(-c2ncccn2)c1C(=O)N1CCC[C@@H](C)C1CNc1ccc(C(F)(F)F)cn1. The van der Waals surface area contributed by atoms with Gasteiger partial charge in [-0.2, -0.15) is 13.2 Å². The summed E-state index contributed by atoms with van der Waals surface area (Å²) in [5.41, 5.74) is 0.312. The third kappa shape index (κ3) is 5.41. The first-order chi connectivity index (χ1) is 16.6. The number of halogens is 4. The van der Waals surface area contributed by atoms with E-state index in [4.69, 9.17) is 0 Å². The molecule has 1 fully saturated rings. The predicted octanol–water partition coefficient (Wildman–Crippen LogP) is 5.36. The molecule has 10 heteroatoms. The topological polar surface area (TPSA) is 71.0 Å². The molecule has 4 rings (SSSR count). The second kappa shape index (κ2) is 9.97. The summed E-state index contributed by atoms with van der Waals surface area (Å²) in [6.45, 7) is 4.52. The molecule has 0 spiro atoms. The highest BCUT2D eigenvalue weighted by Crippen LogP contribution is 2.31. The van der Waals surface area contributed by atoms with Gasteiger partial charge in [0, 0.05) is 37.2 Å². The van der Waals surface area contributed by atoms with Gasteiger partial charge in [-0.1, -0.05) is 6.92 Å². The van der Waals surface area contributed by atoms with Gasteiger partial charge >= 0.3 is 6.18 Å². The van der Waals surface area contributed by atoms with Crippen LogP contribution >= 0.6 is 0 Å². The molecule has 1 unspecified atom stereocenters. The van der Waals surface area contributed by atoms with Crippen LogP contribution in [-0.4, -0.2) is 44.9 Å². The van der Waals surface area contributed by atoms with E-state index in [1.54, 1.807) is 17.9 Å². The van der Waals surface area contributed by atoms with Gasteiger partial charge in [0.1, 0.15) is 11.6 Å². The van der Waals surface area contributed by atoms with Crippen LogP contribution in [0.4, 0.5) is 23.4 Å². The molecule has 1 amide bonds. The van der Waals surface area contributed by atoms with Crippen LogP contribution in [0.25, 0.3) is 11.4 Å². The molecular weight excluding hydrogens is 462 g/mol. The highest BCUT2D eigenvalue weighted by molar-refractivity contribution is 6.01. The van der Waals surface area contributed by atoms with Gasteiger partial charge in [-0.15, -0.1) is 0 Å². The maximum Gasteiger partial charge on any atom is 0.417 e. The standard InChI is InChI=1S/C25H25F4N5O/c1-15-5-3-10-34(20(15)14-33-21-7-6-17(13-32-21)25(27,28)29)24(35)22-16(2)11-18(26)12-19(22)23-30-8-4-9-31-23/h4,6-9,11-13,15,20H,3,5,10,14H2,1-2H3,(H,32,33)/t15-,20?/m1/s1. The van der Waals surface area contributed by atoms with Crippen molar-refractivity contribution in [3.8, 4) is 11.4 Å². The van der Waals surface area contributed by atoms with E-state index in [0.29, 0.717) is 35.6 Å². The monoisotopic (exact) mass is 487 g/mol. The third-order valence-corrected chi connectivity index (χ3v) is 6.28. The number of alkyl halides is 3. The minimum absolute atomic E-state index is 0.131. The summed E-state index contributed by atoms with van der Waals surface area (Å²) in [7, 11) is 0. The zero-order valence-corrected chi connectivity index (χ0v) is 19.3. The van der Waals surface area contributed by atoms with Crippen molar-refractivity contribution in [3.05, 3.63) is 71.4 Å². The van der Waals surface area contributed by atoms with Crippen LogP contribution in [0.2, 0.25) is 0 Å². The van der Waals surface area contributed by atoms with E-state index in [-0.39, 0.29) is 23.7 Å². The van der Waals surface area contributed by atoms with Crippen LogP contribution in [0, 0.1) is 18.7 Å². The number of nitrogens with zero attached hydrogens (tertiary/aromatic N) is 4. The van der Waals surface area contributed by atoms with Crippen LogP contribution in [0.15, 0.2) is 48.9 Å². The number of amides is 1. The van der Waals surface area contributed by atoms with Gasteiger partial charge < -0.3 is 10.2 Å². The Morgan fingerprint density at radius 2 is 1.91 bits per heavy atom. The second-order valence-electron chi connectivity index (χ2n) is 8.71. The fourth-order valence-corrected chi connectivity index (χ4v) is 4.47. The molecule has 0 radical (unpaired) electrons. The Balaban J connectivity index is 1.60. The molecule has 1 aromatic carbocycles. The minimum atomic E-state index is -4.46. The highest BCUT2D eigenvalue weighted by Gasteiger charge is 2.35. The van der Waals surface area contributed by atoms with Crippen molar-refractivity contribution in [3.63, 3.8) is 0 Å². The quantitative estimate of drug-likeness (QED) is 0.491. The summed E-state index contributed by atoms with van der Waals surface area (Å²) < 4.78 is 52.8. The number of carbonyl (C=O) groups excluding carboxylic acids is 1. The molecule has 0 bridgehead atoms. The molecule has 1 saturated heterocycles. The Bertz CT molecular complexity index is 1180. The van der Waals surface area contributed by atoms with Gasteiger partial charge in [0.2, 0.25) is 0 Å². The largest absolute Gasteiger partial charge is 0.417 e. The van der Waals surface area contributed by atoms with E-state index in [1.807, 2.05) is 6.92 Å². The normalized spacial score (nSPS) is 18.4. The number of nitrogens with one attached hydrogen (secondary N) is 1. The van der Waals surface area contributed by atoms with Gasteiger partial charge in [-0.05, 0) is 61.6 Å². The summed E-state index contributed by atoms with van der Waals surface area (Å²) in [5, 5.41) is 3.07. The molecule has 3 aromatic rings. The molecule has 1 N–H and O–H groups in total. The molecular formula is C25H25F4N5O. The molecule has 2 atom stereocenters. The molecule has 3 heterocycles. The molecule has 35 heavy (non-hydrogen) atoms. The van der Waals surface area contributed by atoms with E-state index >= 15 is 0 Å². The minimum Gasteiger partial charge on any atom is -0.368 e. The first kappa shape index (κ1) is 24.6. The average molecular weight is 488 g/mol. The molecule has 2 aromatic heterocycles. The molecule has 0 saturated carbocycles. The van der Waals surface area contributed by atoms with Gasteiger partial charge in [-0.25, -0.2) is 19.3 Å². The lowest BCUT2D eigenvalue weighted by atomic mass is 9.89. The van der Waals surface area contributed by atoms with E-state index in [1.165, 1.54) is 30.6 Å². The van der Waals surface area contributed by atoms with Crippen molar-refractivity contribution in [2.75, 3.05) is 18.4 Å². The lowest BCUT2D eigenvalue weighted by Gasteiger charge is -2.40. The van der Waals surface area contributed by atoms with Crippen LogP contribution in [0.5, 0.6) is 0 Å². The number of anilines is 1. The van der Waals surface area contributed by atoms with Gasteiger partial charge in [-0.3, -0.25) is 4.79 Å². The number of rotatable bonds is 5. The van der Waals surface area contributed by atoms with Crippen LogP contribution in [0.1, 0.15) is 41.3 Å². The number of hydrogen-bond acceptors (Lipinski definition) is 5. The van der Waals surface area contributed by atoms with Crippen LogP contribution in [-0.2, 0) is 6.18 Å². The number of benzene rings is 1. The van der Waals surface area contributed by atoms with E-state index < -0.39 is 17.6 Å². The van der Waals surface area contributed by atoms with E-state index in [9.17, 15) is 22.4 Å². The highest BCUT2D eigenvalue weighted by atomic mass is 19.4. The Hall–Kier alpha value is -3.56. The maximum atomic E-state index is 14.3. The molecule has 6 nitrogen and oxygen atoms in total. The number of pyridine rings is 1. The lowest BCUT2D eigenvalue weighted by molar-refractivity contribution is -0.137. The van der Waals surface area contributed by atoms with Crippen LogP contribution < -0.4 is 5.32 Å². The predicted molar refractivity (Wildman–Crippen MR) is 123 cm³/mol. The van der Waals surface area contributed by atoms with Crippen molar-refractivity contribution in [2.24, 2.45) is 5.92 Å². The summed E-state index contributed by atoms with van der Waals surface area (Å²) in [5.74, 6) is -0.0673. The molecule has 1 aliphatic rings. The van der Waals surface area contributed by atoms with Crippen molar-refractivity contribution in [1.82, 2.24) is 19.9 Å². The molecule has 1 aliphatic heterocycles. The van der Waals surface area contributed by atoms with Gasteiger partial charge in [0.15, 0.2) is 5.82 Å². The second-order valence-corrected chi connectivity index (χ2v) is 8.71. The molecule has 184 valence electrons. The van der Waals surface area contributed by atoms with E-state index in [0.717, 1.165) is 25.1 Å². The number of carbonyl (C=O) groups is 1. The Kier molecular flexibility index (Phi) is 7.00. The fraction of sp³-hybridized carbons (Fsp3) is 0.360. The van der Waals surface area contributed by atoms with E-state index in [2.05, 4.69) is 20.3 Å². The summed E-state index contributed by atoms with van der Waals surface area (Å²) in [6, 6.07) is 6.22. The summed E-state index contributed by atoms with van der Waals surface area (Å²) >= 11 is 0. The zero-order valence-electron chi connectivity index (χ0n) is 19.3.